The molecule has 2 aromatic rings. The zero-order chi connectivity index (χ0) is 15.4. The molecule has 3 rings (SSSR count). The van der Waals surface area contributed by atoms with Crippen LogP contribution in [0.5, 0.6) is 0 Å². The highest BCUT2D eigenvalue weighted by atomic mass is 32.1. The Kier molecular flexibility index (Phi) is 4.90. The average Bonchev–Trinajstić information content (AvgIpc) is 3.06. The Balaban J connectivity index is 1.82. The molecule has 1 fully saturated rings. The van der Waals surface area contributed by atoms with E-state index in [0.29, 0.717) is 6.54 Å². The van der Waals surface area contributed by atoms with Crippen LogP contribution in [0.15, 0.2) is 47.2 Å². The molecule has 2 N–H and O–H groups in total. The number of nitrogens with zero attached hydrogens (tertiary/aromatic N) is 1. The summed E-state index contributed by atoms with van der Waals surface area (Å²) in [5, 5.41) is 4.16. The molecule has 1 aliphatic carbocycles. The number of thiophene rings is 1. The Morgan fingerprint density at radius 1 is 1.23 bits per heavy atom. The van der Waals surface area contributed by atoms with Crippen molar-refractivity contribution in [2.24, 2.45) is 11.7 Å². The molecule has 1 aromatic carbocycles. The second kappa shape index (κ2) is 7.07. The highest BCUT2D eigenvalue weighted by Crippen LogP contribution is 2.28. The van der Waals surface area contributed by atoms with Crippen molar-refractivity contribution in [1.82, 2.24) is 0 Å². The molecule has 0 bridgehead atoms. The molecule has 1 aromatic heterocycles. The zero-order valence-corrected chi connectivity index (χ0v) is 13.5. The van der Waals surface area contributed by atoms with E-state index in [1.807, 2.05) is 35.2 Å². The molecule has 0 radical (unpaired) electrons. The predicted molar refractivity (Wildman–Crippen MR) is 91.9 cm³/mol. The van der Waals surface area contributed by atoms with E-state index in [9.17, 15) is 4.79 Å². The first-order valence-electron chi connectivity index (χ1n) is 7.87. The second-order valence-corrected chi connectivity index (χ2v) is 6.80. The normalized spacial score (nSPS) is 21.5. The topological polar surface area (TPSA) is 46.3 Å². The molecule has 22 heavy (non-hydrogen) atoms. The fraction of sp³-hybridized carbons (Fsp3) is 0.389. The van der Waals surface area contributed by atoms with Crippen LogP contribution >= 0.6 is 11.3 Å². The first-order valence-corrected chi connectivity index (χ1v) is 8.81. The van der Waals surface area contributed by atoms with Crippen LogP contribution in [-0.2, 0) is 11.3 Å². The van der Waals surface area contributed by atoms with E-state index in [4.69, 9.17) is 5.73 Å². The van der Waals surface area contributed by atoms with Gasteiger partial charge in [-0.2, -0.15) is 11.3 Å². The third kappa shape index (κ3) is 3.57. The molecule has 1 aliphatic rings. The standard InChI is InChI=1S/C18H22N2OS/c19-16-6-4-5-15(11-16)18(21)20(12-14-9-10-22-13-14)17-7-2-1-3-8-17/h1-3,7-10,13,15-16H,4-6,11-12,19H2. The summed E-state index contributed by atoms with van der Waals surface area (Å²) in [6, 6.07) is 12.2. The van der Waals surface area contributed by atoms with Crippen molar-refractivity contribution < 1.29 is 4.79 Å². The molecule has 1 heterocycles. The van der Waals surface area contributed by atoms with Gasteiger partial charge < -0.3 is 10.6 Å². The van der Waals surface area contributed by atoms with Gasteiger partial charge in [-0.25, -0.2) is 0 Å². The Morgan fingerprint density at radius 3 is 2.73 bits per heavy atom. The minimum atomic E-state index is 0.0580. The van der Waals surface area contributed by atoms with Crippen LogP contribution < -0.4 is 10.6 Å². The van der Waals surface area contributed by atoms with Gasteiger partial charge in [0.2, 0.25) is 5.91 Å². The third-order valence-electron chi connectivity index (χ3n) is 4.32. The van der Waals surface area contributed by atoms with Gasteiger partial charge in [0.15, 0.2) is 0 Å². The second-order valence-electron chi connectivity index (χ2n) is 6.02. The minimum Gasteiger partial charge on any atom is -0.328 e. The Labute approximate surface area is 135 Å². The van der Waals surface area contributed by atoms with Crippen molar-refractivity contribution in [1.29, 1.82) is 0 Å². The van der Waals surface area contributed by atoms with E-state index >= 15 is 0 Å². The van der Waals surface area contributed by atoms with E-state index < -0.39 is 0 Å². The Morgan fingerprint density at radius 2 is 2.05 bits per heavy atom. The van der Waals surface area contributed by atoms with Gasteiger partial charge in [-0.3, -0.25) is 4.79 Å². The molecule has 0 saturated heterocycles. The van der Waals surface area contributed by atoms with E-state index in [2.05, 4.69) is 16.8 Å². The first-order chi connectivity index (χ1) is 10.7. The van der Waals surface area contributed by atoms with Gasteiger partial charge in [-0.15, -0.1) is 0 Å². The molecular weight excluding hydrogens is 292 g/mol. The van der Waals surface area contributed by atoms with E-state index in [1.54, 1.807) is 11.3 Å². The molecular formula is C18H22N2OS. The van der Waals surface area contributed by atoms with Gasteiger partial charge >= 0.3 is 0 Å². The number of nitrogens with two attached hydrogens (primary N) is 1. The van der Waals surface area contributed by atoms with Gasteiger partial charge in [-0.05, 0) is 53.8 Å². The van der Waals surface area contributed by atoms with Gasteiger partial charge in [0.25, 0.3) is 0 Å². The number of para-hydroxylation sites is 1. The quantitative estimate of drug-likeness (QED) is 0.933. The van der Waals surface area contributed by atoms with Crippen molar-refractivity contribution in [2.45, 2.75) is 38.3 Å². The minimum absolute atomic E-state index is 0.0580. The predicted octanol–water partition coefficient (Wildman–Crippen LogP) is 3.80. The molecule has 1 saturated carbocycles. The molecule has 4 heteroatoms. The van der Waals surface area contributed by atoms with Crippen molar-refractivity contribution >= 4 is 22.9 Å². The summed E-state index contributed by atoms with van der Waals surface area (Å²) in [5.41, 5.74) is 8.22. The summed E-state index contributed by atoms with van der Waals surface area (Å²) in [5.74, 6) is 0.273. The summed E-state index contributed by atoms with van der Waals surface area (Å²) >= 11 is 1.67. The summed E-state index contributed by atoms with van der Waals surface area (Å²) in [4.78, 5) is 15.0. The maximum absolute atomic E-state index is 13.0. The van der Waals surface area contributed by atoms with Crippen LogP contribution in [0.4, 0.5) is 5.69 Å². The number of anilines is 1. The fourth-order valence-electron chi connectivity index (χ4n) is 3.14. The van der Waals surface area contributed by atoms with Crippen molar-refractivity contribution in [3.8, 4) is 0 Å². The Bertz CT molecular complexity index is 597. The smallest absolute Gasteiger partial charge is 0.230 e. The number of hydrogen-bond donors (Lipinski definition) is 1. The third-order valence-corrected chi connectivity index (χ3v) is 5.05. The van der Waals surface area contributed by atoms with Crippen molar-refractivity contribution in [3.05, 3.63) is 52.7 Å². The highest BCUT2D eigenvalue weighted by molar-refractivity contribution is 7.07. The molecule has 0 aliphatic heterocycles. The van der Waals surface area contributed by atoms with Crippen LogP contribution in [0, 0.1) is 5.92 Å². The number of amides is 1. The van der Waals surface area contributed by atoms with E-state index in [-0.39, 0.29) is 17.9 Å². The van der Waals surface area contributed by atoms with Crippen LogP contribution in [0.3, 0.4) is 0 Å². The van der Waals surface area contributed by atoms with Crippen LogP contribution in [-0.4, -0.2) is 11.9 Å². The van der Waals surface area contributed by atoms with Crippen molar-refractivity contribution in [2.75, 3.05) is 4.90 Å². The largest absolute Gasteiger partial charge is 0.328 e. The van der Waals surface area contributed by atoms with Gasteiger partial charge in [0, 0.05) is 17.6 Å². The van der Waals surface area contributed by atoms with E-state index in [0.717, 1.165) is 31.4 Å². The van der Waals surface area contributed by atoms with Crippen LogP contribution in [0.1, 0.15) is 31.2 Å². The maximum Gasteiger partial charge on any atom is 0.230 e. The van der Waals surface area contributed by atoms with Crippen molar-refractivity contribution in [3.63, 3.8) is 0 Å². The molecule has 0 spiro atoms. The number of carbonyl (C=O) groups excluding carboxylic acids is 1. The van der Waals surface area contributed by atoms with Gasteiger partial charge in [-0.1, -0.05) is 24.6 Å². The molecule has 3 nitrogen and oxygen atoms in total. The fourth-order valence-corrected chi connectivity index (χ4v) is 3.80. The SMILES string of the molecule is NC1CCCC(C(=O)N(Cc2ccsc2)c2ccccc2)C1. The summed E-state index contributed by atoms with van der Waals surface area (Å²) < 4.78 is 0. The molecule has 116 valence electrons. The maximum atomic E-state index is 13.0. The van der Waals surface area contributed by atoms with E-state index in [1.165, 1.54) is 5.56 Å². The first kappa shape index (κ1) is 15.3. The number of benzene rings is 1. The van der Waals surface area contributed by atoms with Crippen LogP contribution in [0.2, 0.25) is 0 Å². The lowest BCUT2D eigenvalue weighted by Gasteiger charge is -2.31. The highest BCUT2D eigenvalue weighted by Gasteiger charge is 2.29. The number of carbonyl (C=O) groups is 1. The Hall–Kier alpha value is -1.65. The number of rotatable bonds is 4. The average molecular weight is 314 g/mol. The zero-order valence-electron chi connectivity index (χ0n) is 12.7. The van der Waals surface area contributed by atoms with Crippen LogP contribution in [0.25, 0.3) is 0 Å². The lowest BCUT2D eigenvalue weighted by atomic mass is 9.85. The summed E-state index contributed by atoms with van der Waals surface area (Å²) in [7, 11) is 0. The molecule has 2 atom stereocenters. The molecule has 1 amide bonds. The van der Waals surface area contributed by atoms with Gasteiger partial charge in [0.05, 0.1) is 6.54 Å². The van der Waals surface area contributed by atoms with Gasteiger partial charge in [0.1, 0.15) is 0 Å². The molecule has 2 unspecified atom stereocenters. The summed E-state index contributed by atoms with van der Waals surface area (Å²) in [6.45, 7) is 0.637. The number of hydrogen-bond acceptors (Lipinski definition) is 3. The summed E-state index contributed by atoms with van der Waals surface area (Å²) in [6.07, 6.45) is 3.86. The lowest BCUT2D eigenvalue weighted by Crippen LogP contribution is -2.40. The monoisotopic (exact) mass is 314 g/mol. The lowest BCUT2D eigenvalue weighted by molar-refractivity contribution is -0.123.